The summed E-state index contributed by atoms with van der Waals surface area (Å²) < 4.78 is 32.4. The standard InChI is InChI=1S/C20H21F2N3O5/c1-10-4-5-30-15-9-24-8-13(17(26)18(27)16(24)20(29)25(10)15)19(28)23-7-11-2-3-12(21)6-14(11)22/h2-3,6,8,10,15,17,26-27H,4-5,7,9H2,1H3,(H,23,28)/t10-,15+,17?/m1/s1. The highest BCUT2D eigenvalue weighted by atomic mass is 19.1. The highest BCUT2D eigenvalue weighted by Crippen LogP contribution is 2.33. The zero-order chi connectivity index (χ0) is 21.6. The molecule has 0 aromatic heterocycles. The summed E-state index contributed by atoms with van der Waals surface area (Å²) in [5.74, 6) is -3.43. The van der Waals surface area contributed by atoms with E-state index < -0.39 is 41.5 Å². The molecule has 2 saturated heterocycles. The van der Waals surface area contributed by atoms with Crippen LogP contribution in [0.3, 0.4) is 0 Å². The molecule has 1 aromatic rings. The number of rotatable bonds is 3. The van der Waals surface area contributed by atoms with Crippen molar-refractivity contribution in [2.24, 2.45) is 0 Å². The molecule has 3 heterocycles. The maximum Gasteiger partial charge on any atom is 0.276 e. The zero-order valence-corrected chi connectivity index (χ0v) is 16.1. The lowest BCUT2D eigenvalue weighted by Gasteiger charge is -2.48. The number of nitrogens with one attached hydrogen (secondary N) is 1. The zero-order valence-electron chi connectivity index (χ0n) is 16.1. The number of halogens is 2. The number of aliphatic hydroxyl groups excluding tert-OH is 2. The van der Waals surface area contributed by atoms with Crippen molar-refractivity contribution in [1.82, 2.24) is 15.1 Å². The lowest BCUT2D eigenvalue weighted by Crippen LogP contribution is -2.61. The fraction of sp³-hybridized carbons (Fsp3) is 0.400. The van der Waals surface area contributed by atoms with E-state index in [-0.39, 0.29) is 36.0 Å². The molecule has 0 aliphatic carbocycles. The smallest absolute Gasteiger partial charge is 0.276 e. The molecule has 0 saturated carbocycles. The fourth-order valence-electron chi connectivity index (χ4n) is 3.87. The SMILES string of the molecule is C[C@@H]1CCO[C@H]2CN3C=C(C(=O)NCc4ccc(F)cc4F)C(O)C(O)=C3C(=O)N12. The van der Waals surface area contributed by atoms with Crippen molar-refractivity contribution in [3.05, 3.63) is 58.6 Å². The van der Waals surface area contributed by atoms with Crippen LogP contribution in [0.15, 0.2) is 41.4 Å². The fourth-order valence-corrected chi connectivity index (χ4v) is 3.87. The topological polar surface area (TPSA) is 102 Å². The maximum absolute atomic E-state index is 13.8. The monoisotopic (exact) mass is 421 g/mol. The number of benzene rings is 1. The first-order chi connectivity index (χ1) is 14.3. The van der Waals surface area contributed by atoms with Gasteiger partial charge in [0, 0.05) is 30.4 Å². The Morgan fingerprint density at radius 1 is 1.37 bits per heavy atom. The predicted octanol–water partition coefficient (Wildman–Crippen LogP) is 0.888. The largest absolute Gasteiger partial charge is 0.507 e. The molecular weight excluding hydrogens is 400 g/mol. The summed E-state index contributed by atoms with van der Waals surface area (Å²) in [4.78, 5) is 28.4. The average Bonchev–Trinajstić information content (AvgIpc) is 2.69. The molecule has 3 aliphatic heterocycles. The second kappa shape index (κ2) is 7.69. The Morgan fingerprint density at radius 3 is 2.87 bits per heavy atom. The first kappa shape index (κ1) is 20.3. The minimum absolute atomic E-state index is 0.0597. The minimum Gasteiger partial charge on any atom is -0.507 e. The van der Waals surface area contributed by atoms with Crippen LogP contribution in [-0.2, 0) is 20.9 Å². The van der Waals surface area contributed by atoms with Crippen LogP contribution < -0.4 is 5.32 Å². The third-order valence-electron chi connectivity index (χ3n) is 5.52. The molecule has 30 heavy (non-hydrogen) atoms. The summed E-state index contributed by atoms with van der Waals surface area (Å²) >= 11 is 0. The third-order valence-corrected chi connectivity index (χ3v) is 5.52. The van der Waals surface area contributed by atoms with Gasteiger partial charge in [0.05, 0.1) is 18.7 Å². The number of piperazine rings is 1. The van der Waals surface area contributed by atoms with Crippen molar-refractivity contribution >= 4 is 11.8 Å². The Morgan fingerprint density at radius 2 is 2.13 bits per heavy atom. The van der Waals surface area contributed by atoms with Crippen LogP contribution in [0, 0.1) is 11.6 Å². The Bertz CT molecular complexity index is 964. The number of carbonyl (C=O) groups excluding carboxylic acids is 2. The molecule has 10 heteroatoms. The Hall–Kier alpha value is -2.98. The summed E-state index contributed by atoms with van der Waals surface area (Å²) in [6, 6.07) is 2.88. The molecule has 1 unspecified atom stereocenters. The number of hydrogen-bond donors (Lipinski definition) is 3. The van der Waals surface area contributed by atoms with Crippen LogP contribution in [0.2, 0.25) is 0 Å². The Labute approximate surface area is 171 Å². The molecule has 8 nitrogen and oxygen atoms in total. The molecule has 160 valence electrons. The first-order valence-electron chi connectivity index (χ1n) is 9.54. The second-order valence-electron chi connectivity index (χ2n) is 7.47. The number of amides is 2. The van der Waals surface area contributed by atoms with Gasteiger partial charge >= 0.3 is 0 Å². The van der Waals surface area contributed by atoms with Crippen LogP contribution in [0.25, 0.3) is 0 Å². The summed E-state index contributed by atoms with van der Waals surface area (Å²) in [6.45, 7) is 2.30. The number of ether oxygens (including phenoxy) is 1. The van der Waals surface area contributed by atoms with Crippen molar-refractivity contribution in [2.45, 2.75) is 38.3 Å². The molecule has 3 atom stereocenters. The summed E-state index contributed by atoms with van der Waals surface area (Å²) in [5, 5.41) is 23.3. The van der Waals surface area contributed by atoms with Gasteiger partial charge in [-0.15, -0.1) is 0 Å². The van der Waals surface area contributed by atoms with E-state index in [1.165, 1.54) is 22.1 Å². The van der Waals surface area contributed by atoms with E-state index in [4.69, 9.17) is 4.74 Å². The van der Waals surface area contributed by atoms with E-state index in [0.717, 1.165) is 6.07 Å². The minimum atomic E-state index is -1.71. The Balaban J connectivity index is 1.54. The molecule has 3 aliphatic rings. The van der Waals surface area contributed by atoms with Gasteiger partial charge in [0.15, 0.2) is 12.0 Å². The van der Waals surface area contributed by atoms with Crippen molar-refractivity contribution < 1.29 is 33.3 Å². The van der Waals surface area contributed by atoms with Gasteiger partial charge in [-0.05, 0) is 19.4 Å². The average molecular weight is 421 g/mol. The van der Waals surface area contributed by atoms with Gasteiger partial charge in [0.1, 0.15) is 23.4 Å². The van der Waals surface area contributed by atoms with Gasteiger partial charge in [0.2, 0.25) is 0 Å². The van der Waals surface area contributed by atoms with E-state index >= 15 is 0 Å². The maximum atomic E-state index is 13.8. The van der Waals surface area contributed by atoms with Crippen LogP contribution >= 0.6 is 0 Å². The number of aliphatic hydroxyl groups is 2. The quantitative estimate of drug-likeness (QED) is 0.670. The van der Waals surface area contributed by atoms with Crippen molar-refractivity contribution in [2.75, 3.05) is 13.2 Å². The van der Waals surface area contributed by atoms with Gasteiger partial charge in [0.25, 0.3) is 11.8 Å². The van der Waals surface area contributed by atoms with E-state index in [9.17, 15) is 28.6 Å². The molecule has 0 spiro atoms. The molecule has 4 rings (SSSR count). The second-order valence-corrected chi connectivity index (χ2v) is 7.47. The Kier molecular flexibility index (Phi) is 5.20. The van der Waals surface area contributed by atoms with Crippen molar-refractivity contribution in [3.63, 3.8) is 0 Å². The molecule has 2 fully saturated rings. The molecule has 0 bridgehead atoms. The number of hydrogen-bond acceptors (Lipinski definition) is 6. The van der Waals surface area contributed by atoms with E-state index in [1.807, 2.05) is 6.92 Å². The highest BCUT2D eigenvalue weighted by molar-refractivity contribution is 5.99. The summed E-state index contributed by atoms with van der Waals surface area (Å²) in [6.07, 6.45) is -0.311. The number of fused-ring (bicyclic) bond motifs is 2. The first-order valence-corrected chi connectivity index (χ1v) is 9.54. The van der Waals surface area contributed by atoms with Gasteiger partial charge in [-0.2, -0.15) is 0 Å². The lowest BCUT2D eigenvalue weighted by atomic mass is 9.98. The van der Waals surface area contributed by atoms with Crippen LogP contribution in [0.4, 0.5) is 8.78 Å². The van der Waals surface area contributed by atoms with Gasteiger partial charge in [-0.25, -0.2) is 8.78 Å². The van der Waals surface area contributed by atoms with E-state index in [1.54, 1.807) is 0 Å². The van der Waals surface area contributed by atoms with Crippen LogP contribution in [0.1, 0.15) is 18.9 Å². The number of nitrogens with zero attached hydrogens (tertiary/aromatic N) is 2. The molecule has 0 radical (unpaired) electrons. The predicted molar refractivity (Wildman–Crippen MR) is 99.3 cm³/mol. The molecule has 3 N–H and O–H groups in total. The van der Waals surface area contributed by atoms with Crippen LogP contribution in [0.5, 0.6) is 0 Å². The van der Waals surface area contributed by atoms with E-state index in [2.05, 4.69) is 5.32 Å². The van der Waals surface area contributed by atoms with Crippen molar-refractivity contribution in [3.8, 4) is 0 Å². The highest BCUT2D eigenvalue weighted by Gasteiger charge is 2.46. The third kappa shape index (κ3) is 3.41. The normalized spacial score (nSPS) is 26.2. The van der Waals surface area contributed by atoms with Crippen LogP contribution in [-0.4, -0.2) is 63.4 Å². The summed E-state index contributed by atoms with van der Waals surface area (Å²) in [7, 11) is 0. The van der Waals surface area contributed by atoms with Gasteiger partial charge in [-0.3, -0.25) is 9.59 Å². The van der Waals surface area contributed by atoms with Gasteiger partial charge < -0.3 is 30.1 Å². The number of carbonyl (C=O) groups is 2. The van der Waals surface area contributed by atoms with Gasteiger partial charge in [-0.1, -0.05) is 6.07 Å². The van der Waals surface area contributed by atoms with Crippen molar-refractivity contribution in [1.29, 1.82) is 0 Å². The molecular formula is C20H21F2N3O5. The lowest BCUT2D eigenvalue weighted by molar-refractivity contribution is -0.171. The van der Waals surface area contributed by atoms with E-state index in [0.29, 0.717) is 19.1 Å². The molecule has 2 amide bonds. The summed E-state index contributed by atoms with van der Waals surface area (Å²) in [5.41, 5.74) is -0.245. The molecule has 1 aromatic carbocycles.